The maximum Gasteiger partial charge on any atom is 0.150 e. The molecule has 18 heavy (non-hydrogen) atoms. The smallest absolute Gasteiger partial charge is 0.150 e. The summed E-state index contributed by atoms with van der Waals surface area (Å²) in [4.78, 5) is 13.1. The molecule has 0 amide bonds. The van der Waals surface area contributed by atoms with Gasteiger partial charge in [-0.1, -0.05) is 0 Å². The van der Waals surface area contributed by atoms with Crippen molar-refractivity contribution < 1.29 is 13.9 Å². The van der Waals surface area contributed by atoms with Gasteiger partial charge in [0.15, 0.2) is 0 Å². The summed E-state index contributed by atoms with van der Waals surface area (Å²) in [6.45, 7) is 5.00. The van der Waals surface area contributed by atoms with Crippen LogP contribution in [0.15, 0.2) is 18.2 Å². The Morgan fingerprint density at radius 2 is 1.94 bits per heavy atom. The number of Topliss-reactive ketones (excluding diaryl/α,β-unsaturated/α-hetero) is 1. The molecular weight excluding hydrogens is 233 g/mol. The lowest BCUT2D eigenvalue weighted by atomic mass is 10.1. The molecule has 4 heteroatoms. The molecular formula is C14H18FNO2. The summed E-state index contributed by atoms with van der Waals surface area (Å²) in [5.74, 6) is 0.508. The highest BCUT2D eigenvalue weighted by molar-refractivity contribution is 5.81. The molecule has 0 radical (unpaired) electrons. The Morgan fingerprint density at radius 3 is 2.50 bits per heavy atom. The van der Waals surface area contributed by atoms with Crippen LogP contribution in [0.2, 0.25) is 0 Å². The SMILES string of the molecule is CC(C)Oc1ccc(N2CCC(=O)CC2)c(F)c1. The molecule has 0 saturated carbocycles. The van der Waals surface area contributed by atoms with Crippen molar-refractivity contribution in [2.24, 2.45) is 0 Å². The summed E-state index contributed by atoms with van der Waals surface area (Å²) < 4.78 is 19.4. The molecule has 1 aliphatic rings. The quantitative estimate of drug-likeness (QED) is 0.827. The van der Waals surface area contributed by atoms with Gasteiger partial charge in [-0.05, 0) is 26.0 Å². The maximum absolute atomic E-state index is 14.0. The molecule has 0 aromatic heterocycles. The van der Waals surface area contributed by atoms with Crippen molar-refractivity contribution in [1.29, 1.82) is 0 Å². The molecule has 2 rings (SSSR count). The Morgan fingerprint density at radius 1 is 1.28 bits per heavy atom. The monoisotopic (exact) mass is 251 g/mol. The van der Waals surface area contributed by atoms with Crippen LogP contribution in [-0.4, -0.2) is 25.0 Å². The van der Waals surface area contributed by atoms with Crippen LogP contribution in [0.25, 0.3) is 0 Å². The Bertz CT molecular complexity index is 435. The van der Waals surface area contributed by atoms with Crippen molar-refractivity contribution in [2.45, 2.75) is 32.8 Å². The number of hydrogen-bond acceptors (Lipinski definition) is 3. The second kappa shape index (κ2) is 5.38. The summed E-state index contributed by atoms with van der Waals surface area (Å²) in [6, 6.07) is 4.91. The van der Waals surface area contributed by atoms with Crippen LogP contribution in [0.3, 0.4) is 0 Å². The number of hydrogen-bond donors (Lipinski definition) is 0. The average molecular weight is 251 g/mol. The van der Waals surface area contributed by atoms with E-state index in [1.54, 1.807) is 12.1 Å². The van der Waals surface area contributed by atoms with Crippen molar-refractivity contribution >= 4 is 11.5 Å². The molecule has 0 spiro atoms. The summed E-state index contributed by atoms with van der Waals surface area (Å²) in [5, 5.41) is 0. The minimum atomic E-state index is -0.289. The van der Waals surface area contributed by atoms with Gasteiger partial charge in [-0.15, -0.1) is 0 Å². The third kappa shape index (κ3) is 3.00. The zero-order valence-electron chi connectivity index (χ0n) is 10.8. The predicted molar refractivity (Wildman–Crippen MR) is 68.6 cm³/mol. The van der Waals surface area contributed by atoms with Crippen LogP contribution in [-0.2, 0) is 4.79 Å². The van der Waals surface area contributed by atoms with Crippen molar-refractivity contribution in [3.8, 4) is 5.75 Å². The molecule has 0 bridgehead atoms. The fraction of sp³-hybridized carbons (Fsp3) is 0.500. The summed E-state index contributed by atoms with van der Waals surface area (Å²) in [6.07, 6.45) is 1.04. The Balaban J connectivity index is 2.12. The van der Waals surface area contributed by atoms with E-state index in [9.17, 15) is 9.18 Å². The number of anilines is 1. The van der Waals surface area contributed by atoms with E-state index in [-0.39, 0.29) is 17.7 Å². The molecule has 1 saturated heterocycles. The molecule has 1 heterocycles. The lowest BCUT2D eigenvalue weighted by molar-refractivity contribution is -0.119. The summed E-state index contributed by atoms with van der Waals surface area (Å²) in [5.41, 5.74) is 0.554. The van der Waals surface area contributed by atoms with Gasteiger partial charge in [0.2, 0.25) is 0 Å². The first-order chi connectivity index (χ1) is 8.56. The Kier molecular flexibility index (Phi) is 3.84. The molecule has 3 nitrogen and oxygen atoms in total. The lowest BCUT2D eigenvalue weighted by Crippen LogP contribution is -2.34. The van der Waals surface area contributed by atoms with E-state index in [1.165, 1.54) is 6.07 Å². The second-order valence-corrected chi connectivity index (χ2v) is 4.81. The van der Waals surface area contributed by atoms with Gasteiger partial charge < -0.3 is 9.64 Å². The standard InChI is InChI=1S/C14H18FNO2/c1-10(2)18-12-3-4-14(13(15)9-12)16-7-5-11(17)6-8-16/h3-4,9-10H,5-8H2,1-2H3. The highest BCUT2D eigenvalue weighted by Crippen LogP contribution is 2.26. The van der Waals surface area contributed by atoms with Gasteiger partial charge in [-0.25, -0.2) is 4.39 Å². The fourth-order valence-electron chi connectivity index (χ4n) is 2.09. The average Bonchev–Trinajstić information content (AvgIpc) is 2.30. The predicted octanol–water partition coefficient (Wildman–Crippen LogP) is 2.78. The van der Waals surface area contributed by atoms with Crippen LogP contribution in [0.1, 0.15) is 26.7 Å². The molecule has 0 unspecified atom stereocenters. The van der Waals surface area contributed by atoms with Gasteiger partial charge in [0, 0.05) is 32.0 Å². The minimum Gasteiger partial charge on any atom is -0.491 e. The van der Waals surface area contributed by atoms with Crippen molar-refractivity contribution in [2.75, 3.05) is 18.0 Å². The third-order valence-corrected chi connectivity index (χ3v) is 2.95. The van der Waals surface area contributed by atoms with E-state index in [0.29, 0.717) is 37.4 Å². The zero-order chi connectivity index (χ0) is 13.1. The first-order valence-corrected chi connectivity index (χ1v) is 6.29. The van der Waals surface area contributed by atoms with E-state index < -0.39 is 0 Å². The van der Waals surface area contributed by atoms with E-state index in [1.807, 2.05) is 18.7 Å². The number of rotatable bonds is 3. The minimum absolute atomic E-state index is 0.0304. The van der Waals surface area contributed by atoms with Gasteiger partial charge in [0.1, 0.15) is 17.3 Å². The van der Waals surface area contributed by atoms with Crippen LogP contribution in [0.4, 0.5) is 10.1 Å². The normalized spacial score (nSPS) is 16.2. The van der Waals surface area contributed by atoms with Crippen molar-refractivity contribution in [3.05, 3.63) is 24.0 Å². The molecule has 98 valence electrons. The first kappa shape index (κ1) is 12.9. The van der Waals surface area contributed by atoms with Crippen LogP contribution < -0.4 is 9.64 Å². The molecule has 1 fully saturated rings. The van der Waals surface area contributed by atoms with Crippen LogP contribution >= 0.6 is 0 Å². The number of benzene rings is 1. The molecule has 0 aliphatic carbocycles. The van der Waals surface area contributed by atoms with Gasteiger partial charge in [0.25, 0.3) is 0 Å². The van der Waals surface area contributed by atoms with Crippen LogP contribution in [0, 0.1) is 5.82 Å². The van der Waals surface area contributed by atoms with Gasteiger partial charge in [-0.3, -0.25) is 4.79 Å². The first-order valence-electron chi connectivity index (χ1n) is 6.29. The molecule has 1 aromatic rings. The van der Waals surface area contributed by atoms with Gasteiger partial charge >= 0.3 is 0 Å². The largest absolute Gasteiger partial charge is 0.491 e. The number of nitrogens with zero attached hydrogens (tertiary/aromatic N) is 1. The highest BCUT2D eigenvalue weighted by atomic mass is 19.1. The molecule has 0 N–H and O–H groups in total. The molecule has 1 aromatic carbocycles. The Labute approximate surface area is 107 Å². The van der Waals surface area contributed by atoms with Crippen LogP contribution in [0.5, 0.6) is 5.75 Å². The van der Waals surface area contributed by atoms with Gasteiger partial charge in [-0.2, -0.15) is 0 Å². The van der Waals surface area contributed by atoms with Crippen molar-refractivity contribution in [1.82, 2.24) is 0 Å². The third-order valence-electron chi connectivity index (χ3n) is 2.95. The van der Waals surface area contributed by atoms with E-state index in [0.717, 1.165) is 0 Å². The number of piperidine rings is 1. The summed E-state index contributed by atoms with van der Waals surface area (Å²) >= 11 is 0. The van der Waals surface area contributed by atoms with Gasteiger partial charge in [0.05, 0.1) is 11.8 Å². The van der Waals surface area contributed by atoms with E-state index >= 15 is 0 Å². The second-order valence-electron chi connectivity index (χ2n) is 4.81. The highest BCUT2D eigenvalue weighted by Gasteiger charge is 2.19. The number of carbonyl (C=O) groups excluding carboxylic acids is 1. The maximum atomic E-state index is 14.0. The zero-order valence-corrected chi connectivity index (χ0v) is 10.8. The number of halogens is 1. The molecule has 0 atom stereocenters. The Hall–Kier alpha value is -1.58. The number of carbonyl (C=O) groups is 1. The van der Waals surface area contributed by atoms with Crippen molar-refractivity contribution in [3.63, 3.8) is 0 Å². The molecule has 1 aliphatic heterocycles. The lowest BCUT2D eigenvalue weighted by Gasteiger charge is -2.28. The number of ether oxygens (including phenoxy) is 1. The topological polar surface area (TPSA) is 29.5 Å². The van der Waals surface area contributed by atoms with E-state index in [2.05, 4.69) is 0 Å². The van der Waals surface area contributed by atoms with E-state index in [4.69, 9.17) is 4.74 Å². The summed E-state index contributed by atoms with van der Waals surface area (Å²) in [7, 11) is 0. The number of ketones is 1. The fourth-order valence-corrected chi connectivity index (χ4v) is 2.09.